The highest BCUT2D eigenvalue weighted by Gasteiger charge is 2.23. The lowest BCUT2D eigenvalue weighted by molar-refractivity contribution is -0.0372. The first-order valence-electron chi connectivity index (χ1n) is 10.5. The molecule has 2 aliphatic rings. The molecule has 0 amide bonds. The summed E-state index contributed by atoms with van der Waals surface area (Å²) in [5, 5.41) is 0. The zero-order valence-corrected chi connectivity index (χ0v) is 17.9. The molecule has 1 heterocycles. The van der Waals surface area contributed by atoms with Crippen molar-refractivity contribution >= 4 is 0 Å². The van der Waals surface area contributed by atoms with E-state index in [2.05, 4.69) is 6.58 Å². The maximum Gasteiger partial charge on any atom is 0.196 e. The van der Waals surface area contributed by atoms with Crippen molar-refractivity contribution in [3.05, 3.63) is 59.1 Å². The molecule has 1 saturated heterocycles. The zero-order valence-electron chi connectivity index (χ0n) is 17.9. The minimum atomic E-state index is -0.931. The fraction of sp³-hybridized carbons (Fsp3) is 0.583. The molecule has 0 bridgehead atoms. The molecule has 0 aromatic rings. The lowest BCUT2D eigenvalue weighted by Crippen LogP contribution is -2.28. The Hall–Kier alpha value is -1.88. The van der Waals surface area contributed by atoms with Crippen molar-refractivity contribution < 1.29 is 23.0 Å². The third kappa shape index (κ3) is 6.84. The molecule has 0 spiro atoms. The van der Waals surface area contributed by atoms with Gasteiger partial charge in [0.25, 0.3) is 0 Å². The van der Waals surface area contributed by atoms with Gasteiger partial charge in [-0.05, 0) is 62.7 Å². The van der Waals surface area contributed by atoms with Crippen LogP contribution in [0, 0.1) is 5.92 Å². The van der Waals surface area contributed by atoms with Crippen molar-refractivity contribution in [3.8, 4) is 0 Å². The number of rotatable bonds is 10. The highest BCUT2D eigenvalue weighted by molar-refractivity contribution is 5.43. The van der Waals surface area contributed by atoms with E-state index in [9.17, 15) is 8.78 Å². The van der Waals surface area contributed by atoms with E-state index in [1.54, 1.807) is 0 Å². The van der Waals surface area contributed by atoms with Crippen molar-refractivity contribution in [2.24, 2.45) is 5.92 Å². The van der Waals surface area contributed by atoms with Crippen molar-refractivity contribution in [3.63, 3.8) is 0 Å². The average Bonchev–Trinajstić information content (AvgIpc) is 2.77. The van der Waals surface area contributed by atoms with Gasteiger partial charge in [-0.25, -0.2) is 8.78 Å². The second-order valence-corrected chi connectivity index (χ2v) is 7.62. The molecule has 2 unspecified atom stereocenters. The molecule has 1 aliphatic carbocycles. The van der Waals surface area contributed by atoms with Crippen LogP contribution in [0.15, 0.2) is 59.1 Å². The Morgan fingerprint density at radius 3 is 2.59 bits per heavy atom. The van der Waals surface area contributed by atoms with Crippen LogP contribution in [0.3, 0.4) is 0 Å². The third-order valence-electron chi connectivity index (χ3n) is 5.59. The minimum Gasteiger partial charge on any atom is -0.498 e. The maximum absolute atomic E-state index is 14.5. The largest absolute Gasteiger partial charge is 0.498 e. The molecule has 2 atom stereocenters. The molecular weight excluding hydrogens is 374 g/mol. The topological polar surface area (TPSA) is 27.7 Å². The van der Waals surface area contributed by atoms with Gasteiger partial charge in [-0.2, -0.15) is 0 Å². The van der Waals surface area contributed by atoms with Gasteiger partial charge in [0.05, 0.1) is 32.2 Å². The number of ether oxygens (including phenoxy) is 3. The second kappa shape index (κ2) is 12.0. The first kappa shape index (κ1) is 23.4. The molecular formula is C24H34F2O3. The number of hydrogen-bond acceptors (Lipinski definition) is 3. The third-order valence-corrected chi connectivity index (χ3v) is 5.59. The van der Waals surface area contributed by atoms with Gasteiger partial charge in [-0.1, -0.05) is 19.1 Å². The fourth-order valence-corrected chi connectivity index (χ4v) is 3.64. The maximum atomic E-state index is 14.5. The number of hydrogen-bond donors (Lipinski definition) is 0. The molecule has 5 heteroatoms. The predicted molar refractivity (Wildman–Crippen MR) is 112 cm³/mol. The van der Waals surface area contributed by atoms with Crippen molar-refractivity contribution in [1.82, 2.24) is 0 Å². The van der Waals surface area contributed by atoms with Gasteiger partial charge < -0.3 is 14.2 Å². The quantitative estimate of drug-likeness (QED) is 0.225. The summed E-state index contributed by atoms with van der Waals surface area (Å²) in [4.78, 5) is 0. The summed E-state index contributed by atoms with van der Waals surface area (Å²) < 4.78 is 45.4. The molecule has 0 saturated carbocycles. The Morgan fingerprint density at radius 2 is 2.03 bits per heavy atom. The van der Waals surface area contributed by atoms with Gasteiger partial charge >= 0.3 is 0 Å². The first-order chi connectivity index (χ1) is 14.0. The summed E-state index contributed by atoms with van der Waals surface area (Å²) in [5.41, 5.74) is 1.20. The van der Waals surface area contributed by atoms with Gasteiger partial charge in [0.1, 0.15) is 5.76 Å². The summed E-state index contributed by atoms with van der Waals surface area (Å²) in [5.74, 6) is -0.518. The Labute approximate surface area is 173 Å². The SMILES string of the molecule is C=CCCC1CCC(COC2=CC=C(/C(CC)=C(F)/C(F)=C(\C)OC)CC2)CO1. The molecule has 0 radical (unpaired) electrons. The number of allylic oxidation sites excluding steroid dienone is 9. The normalized spacial score (nSPS) is 24.0. The zero-order chi connectivity index (χ0) is 21.2. The molecule has 0 N–H and O–H groups in total. The lowest BCUT2D eigenvalue weighted by Gasteiger charge is -2.29. The Bertz CT molecular complexity index is 680. The molecule has 1 fully saturated rings. The second-order valence-electron chi connectivity index (χ2n) is 7.62. The minimum absolute atomic E-state index is 0.0501. The molecule has 29 heavy (non-hydrogen) atoms. The Morgan fingerprint density at radius 1 is 1.24 bits per heavy atom. The van der Waals surface area contributed by atoms with Gasteiger partial charge in [-0.15, -0.1) is 6.58 Å². The van der Waals surface area contributed by atoms with Crippen LogP contribution in [-0.4, -0.2) is 26.4 Å². The highest BCUT2D eigenvalue weighted by Crippen LogP contribution is 2.33. The smallest absolute Gasteiger partial charge is 0.196 e. The van der Waals surface area contributed by atoms with Crippen LogP contribution in [0.25, 0.3) is 0 Å². The van der Waals surface area contributed by atoms with Crippen LogP contribution < -0.4 is 0 Å². The summed E-state index contributed by atoms with van der Waals surface area (Å²) >= 11 is 0. The molecule has 2 rings (SSSR count). The van der Waals surface area contributed by atoms with Crippen molar-refractivity contribution in [2.45, 2.75) is 64.9 Å². The van der Waals surface area contributed by atoms with Crippen LogP contribution in [0.5, 0.6) is 0 Å². The van der Waals surface area contributed by atoms with E-state index in [0.717, 1.165) is 43.6 Å². The summed E-state index contributed by atoms with van der Waals surface area (Å²) in [6.45, 7) is 8.37. The monoisotopic (exact) mass is 408 g/mol. The predicted octanol–water partition coefficient (Wildman–Crippen LogP) is 6.85. The van der Waals surface area contributed by atoms with Crippen LogP contribution in [0.1, 0.15) is 58.8 Å². The van der Waals surface area contributed by atoms with Crippen LogP contribution in [-0.2, 0) is 14.2 Å². The van der Waals surface area contributed by atoms with E-state index in [1.165, 1.54) is 14.0 Å². The summed E-state index contributed by atoms with van der Waals surface area (Å²) in [7, 11) is 1.33. The Kier molecular flexibility index (Phi) is 9.65. The van der Waals surface area contributed by atoms with Crippen molar-refractivity contribution in [2.75, 3.05) is 20.3 Å². The number of methoxy groups -OCH3 is 1. The standard InChI is InChI=1S/C24H34F2O3/c1-5-7-8-20-12-9-18(15-28-20)16-29-21-13-10-19(11-14-21)22(6-2)24(26)23(25)17(3)27-4/h5,10,13,18,20H,1,6-9,11-12,14-16H2,2-4H3/b23-17-,24-22-. The molecule has 0 aromatic heterocycles. The van der Waals surface area contributed by atoms with E-state index in [-0.39, 0.29) is 5.76 Å². The van der Waals surface area contributed by atoms with E-state index in [0.29, 0.717) is 43.5 Å². The number of halogens is 2. The molecule has 3 nitrogen and oxygen atoms in total. The molecule has 1 aliphatic heterocycles. The van der Waals surface area contributed by atoms with E-state index in [1.807, 2.05) is 25.2 Å². The average molecular weight is 409 g/mol. The Balaban J connectivity index is 1.91. The van der Waals surface area contributed by atoms with Gasteiger partial charge in [0, 0.05) is 12.3 Å². The van der Waals surface area contributed by atoms with Crippen LogP contribution in [0.2, 0.25) is 0 Å². The van der Waals surface area contributed by atoms with Crippen molar-refractivity contribution in [1.29, 1.82) is 0 Å². The fourth-order valence-electron chi connectivity index (χ4n) is 3.64. The summed E-state index contributed by atoms with van der Waals surface area (Å²) in [6, 6.07) is 0. The highest BCUT2D eigenvalue weighted by atomic mass is 19.2. The van der Waals surface area contributed by atoms with Gasteiger partial charge in [-0.3, -0.25) is 0 Å². The molecule has 0 aromatic carbocycles. The van der Waals surface area contributed by atoms with Crippen LogP contribution in [0.4, 0.5) is 8.78 Å². The molecule has 162 valence electrons. The van der Waals surface area contributed by atoms with E-state index < -0.39 is 11.7 Å². The van der Waals surface area contributed by atoms with Crippen LogP contribution >= 0.6 is 0 Å². The van der Waals surface area contributed by atoms with E-state index in [4.69, 9.17) is 14.2 Å². The van der Waals surface area contributed by atoms with Gasteiger partial charge in [0.2, 0.25) is 0 Å². The summed E-state index contributed by atoms with van der Waals surface area (Å²) in [6.07, 6.45) is 11.9. The lowest BCUT2D eigenvalue weighted by atomic mass is 9.93. The first-order valence-corrected chi connectivity index (χ1v) is 10.5. The van der Waals surface area contributed by atoms with E-state index >= 15 is 0 Å². The van der Waals surface area contributed by atoms with Gasteiger partial charge in [0.15, 0.2) is 11.7 Å².